The average molecular weight is 406 g/mol. The van der Waals surface area contributed by atoms with E-state index in [0.717, 1.165) is 11.6 Å². The molecule has 1 aliphatic heterocycles. The van der Waals surface area contributed by atoms with Crippen molar-refractivity contribution in [3.63, 3.8) is 0 Å². The Labute approximate surface area is 163 Å². The molecule has 1 saturated heterocycles. The molecular formula is C17H22N6O4S. The van der Waals surface area contributed by atoms with Gasteiger partial charge < -0.3 is 9.80 Å². The van der Waals surface area contributed by atoms with Crippen molar-refractivity contribution in [2.24, 2.45) is 0 Å². The summed E-state index contributed by atoms with van der Waals surface area (Å²) < 4.78 is 27.0. The van der Waals surface area contributed by atoms with E-state index in [1.54, 1.807) is 0 Å². The van der Waals surface area contributed by atoms with Crippen LogP contribution in [0.4, 0.5) is 17.3 Å². The molecular weight excluding hydrogens is 384 g/mol. The standard InChI is InChI=1S/C17H22N6O4S/c1-13-18-16(20(2)3)12-17(19-13)21-8-10-22(11-9-21)28(26,27)15-6-4-14(5-7-15)23(24)25/h4-7,12H,8-11H2,1-3H3. The third-order valence-electron chi connectivity index (χ3n) is 4.52. The maximum atomic E-state index is 12.8. The molecule has 3 rings (SSSR count). The van der Waals surface area contributed by atoms with Crippen LogP contribution in [0.25, 0.3) is 0 Å². The van der Waals surface area contributed by atoms with Crippen molar-refractivity contribution in [2.75, 3.05) is 50.1 Å². The lowest BCUT2D eigenvalue weighted by Crippen LogP contribution is -2.49. The molecule has 28 heavy (non-hydrogen) atoms. The average Bonchev–Trinajstić information content (AvgIpc) is 2.67. The maximum Gasteiger partial charge on any atom is 0.269 e. The van der Waals surface area contributed by atoms with Gasteiger partial charge in [-0.1, -0.05) is 0 Å². The third kappa shape index (κ3) is 4.04. The molecule has 1 aliphatic rings. The molecule has 10 nitrogen and oxygen atoms in total. The molecule has 1 fully saturated rings. The Morgan fingerprint density at radius 1 is 1.07 bits per heavy atom. The molecule has 0 radical (unpaired) electrons. The first-order valence-electron chi connectivity index (χ1n) is 8.71. The Balaban J connectivity index is 1.73. The lowest BCUT2D eigenvalue weighted by Gasteiger charge is -2.35. The highest BCUT2D eigenvalue weighted by atomic mass is 32.2. The van der Waals surface area contributed by atoms with Gasteiger partial charge in [0.05, 0.1) is 9.82 Å². The number of non-ortho nitro benzene ring substituents is 1. The summed E-state index contributed by atoms with van der Waals surface area (Å²) in [6.45, 7) is 3.43. The molecule has 0 amide bonds. The summed E-state index contributed by atoms with van der Waals surface area (Å²) in [5.41, 5.74) is -0.139. The molecule has 0 saturated carbocycles. The molecule has 2 aromatic rings. The van der Waals surface area contributed by atoms with Crippen molar-refractivity contribution in [3.05, 3.63) is 46.3 Å². The SMILES string of the molecule is Cc1nc(N(C)C)cc(N2CCN(S(=O)(=O)c3ccc([N+](=O)[O-])cc3)CC2)n1. The van der Waals surface area contributed by atoms with Crippen molar-refractivity contribution in [1.82, 2.24) is 14.3 Å². The number of aryl methyl sites for hydroxylation is 1. The van der Waals surface area contributed by atoms with Gasteiger partial charge in [-0.25, -0.2) is 18.4 Å². The largest absolute Gasteiger partial charge is 0.363 e. The third-order valence-corrected chi connectivity index (χ3v) is 6.43. The lowest BCUT2D eigenvalue weighted by molar-refractivity contribution is -0.384. The number of anilines is 2. The first kappa shape index (κ1) is 20.0. The summed E-state index contributed by atoms with van der Waals surface area (Å²) in [5.74, 6) is 2.22. The van der Waals surface area contributed by atoms with Crippen molar-refractivity contribution in [3.8, 4) is 0 Å². The fourth-order valence-corrected chi connectivity index (χ4v) is 4.40. The summed E-state index contributed by atoms with van der Waals surface area (Å²) in [5, 5.41) is 10.8. The zero-order valence-electron chi connectivity index (χ0n) is 15.9. The molecule has 1 aromatic carbocycles. The Morgan fingerprint density at radius 3 is 2.21 bits per heavy atom. The fourth-order valence-electron chi connectivity index (χ4n) is 2.97. The van der Waals surface area contributed by atoms with Gasteiger partial charge in [-0.15, -0.1) is 0 Å². The highest BCUT2D eigenvalue weighted by molar-refractivity contribution is 7.89. The highest BCUT2D eigenvalue weighted by Gasteiger charge is 2.29. The first-order valence-corrected chi connectivity index (χ1v) is 10.1. The van der Waals surface area contributed by atoms with Crippen molar-refractivity contribution < 1.29 is 13.3 Å². The molecule has 0 aliphatic carbocycles. The number of piperazine rings is 1. The van der Waals surface area contributed by atoms with E-state index in [1.807, 2.05) is 36.9 Å². The first-order chi connectivity index (χ1) is 13.2. The van der Waals surface area contributed by atoms with E-state index in [2.05, 4.69) is 9.97 Å². The smallest absolute Gasteiger partial charge is 0.269 e. The zero-order valence-corrected chi connectivity index (χ0v) is 16.8. The Kier molecular flexibility index (Phi) is 5.47. The van der Waals surface area contributed by atoms with Crippen molar-refractivity contribution in [1.29, 1.82) is 0 Å². The number of nitrogens with zero attached hydrogens (tertiary/aromatic N) is 6. The Morgan fingerprint density at radius 2 is 1.68 bits per heavy atom. The summed E-state index contributed by atoms with van der Waals surface area (Å²) in [7, 11) is 0.109. The van der Waals surface area contributed by atoms with Crippen molar-refractivity contribution in [2.45, 2.75) is 11.8 Å². The maximum absolute atomic E-state index is 12.8. The van der Waals surface area contributed by atoms with Gasteiger partial charge in [-0.05, 0) is 19.1 Å². The molecule has 150 valence electrons. The van der Waals surface area contributed by atoms with Gasteiger partial charge in [0.1, 0.15) is 17.5 Å². The number of benzene rings is 1. The van der Waals surface area contributed by atoms with E-state index < -0.39 is 14.9 Å². The molecule has 2 heterocycles. The van der Waals surface area contributed by atoms with Gasteiger partial charge in [-0.3, -0.25) is 10.1 Å². The summed E-state index contributed by atoms with van der Waals surface area (Å²) in [6.07, 6.45) is 0. The van der Waals surface area contributed by atoms with E-state index in [0.29, 0.717) is 32.0 Å². The topological polar surface area (TPSA) is 113 Å². The van der Waals surface area contributed by atoms with Gasteiger partial charge in [-0.2, -0.15) is 4.31 Å². The second-order valence-electron chi connectivity index (χ2n) is 6.67. The molecule has 0 spiro atoms. The number of hydrogen-bond donors (Lipinski definition) is 0. The lowest BCUT2D eigenvalue weighted by atomic mass is 10.3. The second kappa shape index (κ2) is 7.68. The van der Waals surface area contributed by atoms with Crippen LogP contribution in [-0.4, -0.2) is 67.9 Å². The van der Waals surface area contributed by atoms with Gasteiger partial charge >= 0.3 is 0 Å². The predicted molar refractivity (Wildman–Crippen MR) is 105 cm³/mol. The van der Waals surface area contributed by atoms with Gasteiger partial charge in [0.25, 0.3) is 5.69 Å². The van der Waals surface area contributed by atoms with Crippen LogP contribution >= 0.6 is 0 Å². The fraction of sp³-hybridized carbons (Fsp3) is 0.412. The molecule has 0 bridgehead atoms. The van der Waals surface area contributed by atoms with Gasteiger partial charge in [0, 0.05) is 58.5 Å². The number of sulfonamides is 1. The van der Waals surface area contributed by atoms with E-state index in [4.69, 9.17) is 0 Å². The van der Waals surface area contributed by atoms with E-state index >= 15 is 0 Å². The van der Waals surface area contributed by atoms with Crippen LogP contribution < -0.4 is 9.80 Å². The van der Waals surface area contributed by atoms with Crippen LogP contribution in [0.5, 0.6) is 0 Å². The van der Waals surface area contributed by atoms with Crippen LogP contribution in [-0.2, 0) is 10.0 Å². The van der Waals surface area contributed by atoms with Crippen LogP contribution in [0.1, 0.15) is 5.82 Å². The number of nitro benzene ring substituents is 1. The van der Waals surface area contributed by atoms with Crippen LogP contribution in [0.2, 0.25) is 0 Å². The highest BCUT2D eigenvalue weighted by Crippen LogP contribution is 2.23. The molecule has 1 aromatic heterocycles. The predicted octanol–water partition coefficient (Wildman–Crippen LogP) is 1.27. The monoisotopic (exact) mass is 406 g/mol. The van der Waals surface area contributed by atoms with Gasteiger partial charge in [0.2, 0.25) is 10.0 Å². The number of aromatic nitrogens is 2. The summed E-state index contributed by atoms with van der Waals surface area (Å²) in [4.78, 5) is 23.0. The van der Waals surface area contributed by atoms with Crippen LogP contribution in [0, 0.1) is 17.0 Å². The Hall–Kier alpha value is -2.79. The van der Waals surface area contributed by atoms with Crippen LogP contribution in [0.15, 0.2) is 35.2 Å². The molecule has 0 unspecified atom stereocenters. The quantitative estimate of drug-likeness (QED) is 0.539. The summed E-state index contributed by atoms with van der Waals surface area (Å²) in [6, 6.07) is 6.84. The minimum atomic E-state index is -3.70. The number of rotatable bonds is 5. The van der Waals surface area contributed by atoms with Crippen LogP contribution in [0.3, 0.4) is 0 Å². The van der Waals surface area contributed by atoms with E-state index in [-0.39, 0.29) is 10.6 Å². The number of nitro groups is 1. The minimum absolute atomic E-state index is 0.0549. The zero-order chi connectivity index (χ0) is 20.5. The van der Waals surface area contributed by atoms with Crippen molar-refractivity contribution >= 4 is 27.3 Å². The summed E-state index contributed by atoms with van der Waals surface area (Å²) >= 11 is 0. The normalized spacial score (nSPS) is 15.5. The Bertz CT molecular complexity index is 970. The van der Waals surface area contributed by atoms with E-state index in [9.17, 15) is 18.5 Å². The number of hydrogen-bond acceptors (Lipinski definition) is 8. The molecule has 0 N–H and O–H groups in total. The molecule has 0 atom stereocenters. The second-order valence-corrected chi connectivity index (χ2v) is 8.61. The molecule has 11 heteroatoms. The minimum Gasteiger partial charge on any atom is -0.363 e. The van der Waals surface area contributed by atoms with Gasteiger partial charge in [0.15, 0.2) is 0 Å². The van der Waals surface area contributed by atoms with E-state index in [1.165, 1.54) is 28.6 Å².